The summed E-state index contributed by atoms with van der Waals surface area (Å²) in [4.78, 5) is 4.49. The molecule has 2 rings (SSSR count). The van der Waals surface area contributed by atoms with Crippen LogP contribution in [0.25, 0.3) is 0 Å². The number of nitrogens with zero attached hydrogens (tertiary/aromatic N) is 1. The van der Waals surface area contributed by atoms with E-state index >= 15 is 0 Å². The fourth-order valence-electron chi connectivity index (χ4n) is 2.69. The van der Waals surface area contributed by atoms with Gasteiger partial charge in [-0.15, -0.1) is 24.0 Å². The number of hydrogen-bond acceptors (Lipinski definition) is 4. The summed E-state index contributed by atoms with van der Waals surface area (Å²) in [5, 5.41) is 17.8. The Kier molecular flexibility index (Phi) is 11.8. The Morgan fingerprint density at radius 2 is 1.83 bits per heavy atom. The first-order valence-corrected chi connectivity index (χ1v) is 9.61. The Bertz CT molecular complexity index is 772. The maximum Gasteiger partial charge on any atom is 0.191 e. The van der Waals surface area contributed by atoms with Gasteiger partial charge in [-0.3, -0.25) is 4.99 Å². The van der Waals surface area contributed by atoms with Crippen LogP contribution >= 0.6 is 35.6 Å². The van der Waals surface area contributed by atoms with E-state index in [4.69, 9.17) is 21.1 Å². The van der Waals surface area contributed by atoms with E-state index in [-0.39, 0.29) is 30.5 Å². The molecule has 0 heterocycles. The lowest BCUT2D eigenvalue weighted by Gasteiger charge is -2.16. The molecule has 0 aliphatic rings. The number of ether oxygens (including phenoxy) is 2. The second-order valence-electron chi connectivity index (χ2n) is 6.15. The van der Waals surface area contributed by atoms with Crippen molar-refractivity contribution in [2.75, 3.05) is 33.9 Å². The van der Waals surface area contributed by atoms with Crippen LogP contribution in [0.15, 0.2) is 47.5 Å². The van der Waals surface area contributed by atoms with Crippen LogP contribution in [0.5, 0.6) is 11.5 Å². The zero-order valence-corrected chi connectivity index (χ0v) is 20.0. The van der Waals surface area contributed by atoms with Gasteiger partial charge in [0.15, 0.2) is 5.96 Å². The van der Waals surface area contributed by atoms with Crippen LogP contribution < -0.4 is 20.1 Å². The third kappa shape index (κ3) is 8.28. The van der Waals surface area contributed by atoms with Crippen LogP contribution in [-0.4, -0.2) is 44.9 Å². The average molecular weight is 534 g/mol. The van der Waals surface area contributed by atoms with Crippen LogP contribution in [0.3, 0.4) is 0 Å². The Balaban J connectivity index is 0.00000420. The van der Waals surface area contributed by atoms with Crippen molar-refractivity contribution in [1.29, 1.82) is 0 Å². The molecule has 160 valence electrons. The Morgan fingerprint density at radius 1 is 1.10 bits per heavy atom. The number of benzene rings is 2. The normalized spacial score (nSPS) is 12.0. The SMILES string of the molecule is CCNC(=NCC(O)c1cc(OC)ccc1OC)NCCc1ccc(Cl)cc1.I. The molecule has 0 saturated heterocycles. The number of nitrogens with one attached hydrogen (secondary N) is 2. The minimum absolute atomic E-state index is 0. The summed E-state index contributed by atoms with van der Waals surface area (Å²) in [5.74, 6) is 1.91. The summed E-state index contributed by atoms with van der Waals surface area (Å²) in [6, 6.07) is 13.1. The smallest absolute Gasteiger partial charge is 0.191 e. The molecule has 29 heavy (non-hydrogen) atoms. The van der Waals surface area contributed by atoms with Crippen LogP contribution in [0, 0.1) is 0 Å². The highest BCUT2D eigenvalue weighted by atomic mass is 127. The van der Waals surface area contributed by atoms with Gasteiger partial charge in [-0.2, -0.15) is 0 Å². The highest BCUT2D eigenvalue weighted by Crippen LogP contribution is 2.29. The number of guanidine groups is 1. The lowest BCUT2D eigenvalue weighted by molar-refractivity contribution is 0.182. The molecule has 0 saturated carbocycles. The molecule has 0 aliphatic carbocycles. The standard InChI is InChI=1S/C21H28ClN3O3.HI/c1-4-23-21(24-12-11-15-5-7-16(22)8-6-15)25-14-19(26)18-13-17(27-2)9-10-20(18)28-3;/h5-10,13,19,26H,4,11-12,14H2,1-3H3,(H2,23,24,25);1H. The van der Waals surface area contributed by atoms with Gasteiger partial charge >= 0.3 is 0 Å². The molecule has 6 nitrogen and oxygen atoms in total. The summed E-state index contributed by atoms with van der Waals surface area (Å²) in [6.07, 6.45) is 0.0326. The molecule has 0 aliphatic heterocycles. The third-order valence-electron chi connectivity index (χ3n) is 4.18. The lowest BCUT2D eigenvalue weighted by atomic mass is 10.1. The van der Waals surface area contributed by atoms with Crippen molar-refractivity contribution in [3.8, 4) is 11.5 Å². The molecule has 0 aromatic heterocycles. The minimum Gasteiger partial charge on any atom is -0.497 e. The molecule has 0 amide bonds. The van der Waals surface area contributed by atoms with Gasteiger partial charge in [-0.1, -0.05) is 23.7 Å². The number of aliphatic hydroxyl groups is 1. The summed E-state index contributed by atoms with van der Waals surface area (Å²) in [7, 11) is 3.16. The molecule has 0 radical (unpaired) electrons. The highest BCUT2D eigenvalue weighted by molar-refractivity contribution is 14.0. The number of methoxy groups -OCH3 is 2. The molecule has 8 heteroatoms. The van der Waals surface area contributed by atoms with E-state index in [1.807, 2.05) is 31.2 Å². The van der Waals surface area contributed by atoms with Crippen LogP contribution in [0.1, 0.15) is 24.2 Å². The number of hydrogen-bond donors (Lipinski definition) is 3. The van der Waals surface area contributed by atoms with E-state index in [1.165, 1.54) is 5.56 Å². The minimum atomic E-state index is -0.809. The predicted octanol–water partition coefficient (Wildman–Crippen LogP) is 3.81. The van der Waals surface area contributed by atoms with E-state index in [0.29, 0.717) is 29.6 Å². The fraction of sp³-hybridized carbons (Fsp3) is 0.381. The number of rotatable bonds is 9. The first-order chi connectivity index (χ1) is 13.6. The Hall–Kier alpha value is -1.71. The number of aliphatic hydroxyl groups excluding tert-OH is 1. The zero-order valence-electron chi connectivity index (χ0n) is 16.9. The Labute approximate surface area is 194 Å². The molecule has 0 fully saturated rings. The van der Waals surface area contributed by atoms with Gasteiger partial charge < -0.3 is 25.2 Å². The van der Waals surface area contributed by atoms with Gasteiger partial charge in [0, 0.05) is 23.7 Å². The van der Waals surface area contributed by atoms with Crippen molar-refractivity contribution in [1.82, 2.24) is 10.6 Å². The van der Waals surface area contributed by atoms with Crippen molar-refractivity contribution >= 4 is 41.5 Å². The maximum absolute atomic E-state index is 10.6. The summed E-state index contributed by atoms with van der Waals surface area (Å²) >= 11 is 5.91. The Morgan fingerprint density at radius 3 is 2.45 bits per heavy atom. The second kappa shape index (κ2) is 13.5. The largest absolute Gasteiger partial charge is 0.497 e. The molecule has 2 aromatic rings. The molecule has 0 spiro atoms. The van der Waals surface area contributed by atoms with Gasteiger partial charge in [-0.05, 0) is 49.2 Å². The van der Waals surface area contributed by atoms with Gasteiger partial charge in [0.2, 0.25) is 0 Å². The van der Waals surface area contributed by atoms with E-state index in [2.05, 4.69) is 15.6 Å². The van der Waals surface area contributed by atoms with Gasteiger partial charge in [0.25, 0.3) is 0 Å². The summed E-state index contributed by atoms with van der Waals surface area (Å²) in [5.41, 5.74) is 1.83. The molecular formula is C21H29ClIN3O3. The fourth-order valence-corrected chi connectivity index (χ4v) is 2.82. The molecule has 3 N–H and O–H groups in total. The van der Waals surface area contributed by atoms with Crippen molar-refractivity contribution in [3.05, 3.63) is 58.6 Å². The van der Waals surface area contributed by atoms with Crippen molar-refractivity contribution in [2.24, 2.45) is 4.99 Å². The molecule has 2 aromatic carbocycles. The van der Waals surface area contributed by atoms with Crippen molar-refractivity contribution in [2.45, 2.75) is 19.4 Å². The second-order valence-corrected chi connectivity index (χ2v) is 6.58. The molecular weight excluding hydrogens is 505 g/mol. The zero-order chi connectivity index (χ0) is 20.4. The van der Waals surface area contributed by atoms with E-state index in [9.17, 15) is 5.11 Å². The summed E-state index contributed by atoms with van der Waals surface area (Å²) in [6.45, 7) is 3.63. The van der Waals surface area contributed by atoms with E-state index < -0.39 is 6.10 Å². The quantitative estimate of drug-likeness (QED) is 0.260. The van der Waals surface area contributed by atoms with Crippen molar-refractivity contribution < 1.29 is 14.6 Å². The van der Waals surface area contributed by atoms with Gasteiger partial charge in [0.05, 0.1) is 20.8 Å². The highest BCUT2D eigenvalue weighted by Gasteiger charge is 2.14. The first kappa shape index (κ1) is 25.3. The van der Waals surface area contributed by atoms with E-state index in [1.54, 1.807) is 32.4 Å². The topological polar surface area (TPSA) is 75.1 Å². The monoisotopic (exact) mass is 533 g/mol. The van der Waals surface area contributed by atoms with Gasteiger partial charge in [0.1, 0.15) is 17.6 Å². The maximum atomic E-state index is 10.6. The van der Waals surface area contributed by atoms with Crippen LogP contribution in [0.4, 0.5) is 0 Å². The molecule has 0 bridgehead atoms. The molecule has 1 unspecified atom stereocenters. The van der Waals surface area contributed by atoms with Crippen LogP contribution in [0.2, 0.25) is 5.02 Å². The van der Waals surface area contributed by atoms with Gasteiger partial charge in [-0.25, -0.2) is 0 Å². The number of aliphatic imine (C=N–C) groups is 1. The van der Waals surface area contributed by atoms with E-state index in [0.717, 1.165) is 18.0 Å². The van der Waals surface area contributed by atoms with Crippen LogP contribution in [-0.2, 0) is 6.42 Å². The van der Waals surface area contributed by atoms with Crippen molar-refractivity contribution in [3.63, 3.8) is 0 Å². The summed E-state index contributed by atoms with van der Waals surface area (Å²) < 4.78 is 10.6. The average Bonchev–Trinajstić information content (AvgIpc) is 2.72. The predicted molar refractivity (Wildman–Crippen MR) is 129 cm³/mol. The number of halogens is 2. The molecule has 1 atom stereocenters. The first-order valence-electron chi connectivity index (χ1n) is 9.24. The lowest BCUT2D eigenvalue weighted by Crippen LogP contribution is -2.38. The third-order valence-corrected chi connectivity index (χ3v) is 4.43.